The molecule has 2 aliphatic heterocycles. The topological polar surface area (TPSA) is 12.5 Å². The van der Waals surface area contributed by atoms with Crippen molar-refractivity contribution in [1.29, 1.82) is 0 Å². The summed E-state index contributed by atoms with van der Waals surface area (Å²) in [5, 5.41) is 0. The first kappa shape index (κ1) is 7.56. The molecule has 2 unspecified atom stereocenters. The van der Waals surface area contributed by atoms with Gasteiger partial charge in [0.1, 0.15) is 0 Å². The zero-order valence-corrected chi connectivity index (χ0v) is 7.25. The van der Waals surface area contributed by atoms with Crippen molar-refractivity contribution in [3.05, 3.63) is 0 Å². The standard InChI is InChI=1S/C9H17NO/c1-2-5-10-6-8-3-4-9(7-10)11-8/h8-9H,2-7H2,1H3. The molecule has 0 aromatic heterocycles. The Bertz CT molecular complexity index is 126. The molecule has 2 heteroatoms. The third-order valence-electron chi connectivity index (χ3n) is 2.66. The molecular weight excluding hydrogens is 138 g/mol. The number of likely N-dealkylation sites (tertiary alicyclic amines) is 1. The van der Waals surface area contributed by atoms with Gasteiger partial charge in [-0.1, -0.05) is 6.92 Å². The van der Waals surface area contributed by atoms with Gasteiger partial charge in [-0.15, -0.1) is 0 Å². The van der Waals surface area contributed by atoms with E-state index in [0.717, 1.165) is 0 Å². The van der Waals surface area contributed by atoms with Gasteiger partial charge in [0.15, 0.2) is 0 Å². The third-order valence-corrected chi connectivity index (χ3v) is 2.66. The summed E-state index contributed by atoms with van der Waals surface area (Å²) in [5.41, 5.74) is 0. The summed E-state index contributed by atoms with van der Waals surface area (Å²) in [6, 6.07) is 0. The molecule has 64 valence electrons. The Morgan fingerprint density at radius 1 is 1.27 bits per heavy atom. The molecule has 0 saturated carbocycles. The van der Waals surface area contributed by atoms with Crippen LogP contribution < -0.4 is 0 Å². The van der Waals surface area contributed by atoms with Crippen molar-refractivity contribution < 1.29 is 4.74 Å². The molecule has 2 fully saturated rings. The van der Waals surface area contributed by atoms with Crippen LogP contribution in [0, 0.1) is 0 Å². The molecule has 2 bridgehead atoms. The number of ether oxygens (including phenoxy) is 1. The van der Waals surface area contributed by atoms with E-state index >= 15 is 0 Å². The van der Waals surface area contributed by atoms with Crippen LogP contribution in [0.4, 0.5) is 0 Å². The number of nitrogens with zero attached hydrogens (tertiary/aromatic N) is 1. The van der Waals surface area contributed by atoms with Crippen LogP contribution in [0.25, 0.3) is 0 Å². The number of fused-ring (bicyclic) bond motifs is 2. The molecule has 0 aromatic carbocycles. The highest BCUT2D eigenvalue weighted by atomic mass is 16.5. The predicted molar refractivity (Wildman–Crippen MR) is 44.6 cm³/mol. The first-order valence-corrected chi connectivity index (χ1v) is 4.76. The number of hydrogen-bond donors (Lipinski definition) is 0. The average molecular weight is 155 g/mol. The van der Waals surface area contributed by atoms with Crippen LogP contribution in [0.15, 0.2) is 0 Å². The summed E-state index contributed by atoms with van der Waals surface area (Å²) >= 11 is 0. The fraction of sp³-hybridized carbons (Fsp3) is 1.00. The predicted octanol–water partition coefficient (Wildman–Crippen LogP) is 1.26. The van der Waals surface area contributed by atoms with Crippen molar-refractivity contribution in [3.63, 3.8) is 0 Å². The monoisotopic (exact) mass is 155 g/mol. The molecule has 0 aromatic rings. The van der Waals surface area contributed by atoms with Gasteiger partial charge in [0.25, 0.3) is 0 Å². The first-order valence-electron chi connectivity index (χ1n) is 4.76. The molecule has 0 aliphatic carbocycles. The normalized spacial score (nSPS) is 37.9. The first-order chi connectivity index (χ1) is 5.38. The quantitative estimate of drug-likeness (QED) is 0.595. The second-order valence-electron chi connectivity index (χ2n) is 3.72. The fourth-order valence-corrected chi connectivity index (χ4v) is 2.20. The summed E-state index contributed by atoms with van der Waals surface area (Å²) in [6.07, 6.45) is 5.01. The molecule has 2 atom stereocenters. The van der Waals surface area contributed by atoms with Crippen LogP contribution in [0.2, 0.25) is 0 Å². The highest BCUT2D eigenvalue weighted by molar-refractivity contribution is 4.84. The van der Waals surface area contributed by atoms with Crippen LogP contribution in [-0.4, -0.2) is 36.7 Å². The van der Waals surface area contributed by atoms with E-state index in [4.69, 9.17) is 4.74 Å². The van der Waals surface area contributed by atoms with Crippen LogP contribution in [-0.2, 0) is 4.74 Å². The van der Waals surface area contributed by atoms with Gasteiger partial charge in [-0.05, 0) is 25.8 Å². The van der Waals surface area contributed by atoms with Gasteiger partial charge < -0.3 is 4.74 Å². The minimum absolute atomic E-state index is 0.570. The Kier molecular flexibility index (Phi) is 2.14. The van der Waals surface area contributed by atoms with E-state index in [1.54, 1.807) is 0 Å². The summed E-state index contributed by atoms with van der Waals surface area (Å²) in [6.45, 7) is 5.88. The summed E-state index contributed by atoms with van der Waals surface area (Å²) in [5.74, 6) is 0. The van der Waals surface area contributed by atoms with Gasteiger partial charge in [0, 0.05) is 13.1 Å². The van der Waals surface area contributed by atoms with Crippen LogP contribution >= 0.6 is 0 Å². The highest BCUT2D eigenvalue weighted by Gasteiger charge is 2.32. The van der Waals surface area contributed by atoms with E-state index in [1.165, 1.54) is 38.9 Å². The van der Waals surface area contributed by atoms with Gasteiger partial charge in [0.2, 0.25) is 0 Å². The van der Waals surface area contributed by atoms with Crippen LogP contribution in [0.5, 0.6) is 0 Å². The summed E-state index contributed by atoms with van der Waals surface area (Å²) < 4.78 is 5.73. The van der Waals surface area contributed by atoms with Crippen molar-refractivity contribution in [2.75, 3.05) is 19.6 Å². The molecule has 2 aliphatic rings. The van der Waals surface area contributed by atoms with Gasteiger partial charge in [-0.25, -0.2) is 0 Å². The molecule has 0 spiro atoms. The third kappa shape index (κ3) is 1.57. The molecule has 2 saturated heterocycles. The van der Waals surface area contributed by atoms with Gasteiger partial charge in [-0.2, -0.15) is 0 Å². The largest absolute Gasteiger partial charge is 0.372 e. The summed E-state index contributed by atoms with van der Waals surface area (Å²) in [7, 11) is 0. The lowest BCUT2D eigenvalue weighted by atomic mass is 10.2. The number of morpholine rings is 1. The average Bonchev–Trinajstić information content (AvgIpc) is 2.32. The second kappa shape index (κ2) is 3.11. The molecule has 2 nitrogen and oxygen atoms in total. The molecule has 11 heavy (non-hydrogen) atoms. The lowest BCUT2D eigenvalue weighted by Gasteiger charge is -2.31. The van der Waals surface area contributed by atoms with Crippen molar-refractivity contribution in [2.45, 2.75) is 38.4 Å². The van der Waals surface area contributed by atoms with E-state index in [9.17, 15) is 0 Å². The lowest BCUT2D eigenvalue weighted by molar-refractivity contribution is -0.0380. The van der Waals surface area contributed by atoms with E-state index in [0.29, 0.717) is 12.2 Å². The maximum absolute atomic E-state index is 5.73. The van der Waals surface area contributed by atoms with Crippen LogP contribution in [0.1, 0.15) is 26.2 Å². The zero-order chi connectivity index (χ0) is 7.68. The Balaban J connectivity index is 1.87. The molecule has 0 amide bonds. The van der Waals surface area contributed by atoms with E-state index in [-0.39, 0.29) is 0 Å². The molecule has 2 heterocycles. The summed E-state index contributed by atoms with van der Waals surface area (Å²) in [4.78, 5) is 2.55. The van der Waals surface area contributed by atoms with Gasteiger partial charge in [-0.3, -0.25) is 4.90 Å². The number of hydrogen-bond acceptors (Lipinski definition) is 2. The van der Waals surface area contributed by atoms with Crippen molar-refractivity contribution in [3.8, 4) is 0 Å². The molecular formula is C9H17NO. The smallest absolute Gasteiger partial charge is 0.0707 e. The second-order valence-corrected chi connectivity index (χ2v) is 3.72. The Morgan fingerprint density at radius 3 is 2.45 bits per heavy atom. The fourth-order valence-electron chi connectivity index (χ4n) is 2.20. The van der Waals surface area contributed by atoms with Crippen molar-refractivity contribution >= 4 is 0 Å². The van der Waals surface area contributed by atoms with Gasteiger partial charge in [0.05, 0.1) is 12.2 Å². The maximum atomic E-state index is 5.73. The van der Waals surface area contributed by atoms with E-state index in [1.807, 2.05) is 0 Å². The van der Waals surface area contributed by atoms with Crippen molar-refractivity contribution in [1.82, 2.24) is 4.90 Å². The SMILES string of the molecule is CCCN1CC2CCC(C1)O2. The Labute approximate surface area is 68.5 Å². The zero-order valence-electron chi connectivity index (χ0n) is 7.25. The highest BCUT2D eigenvalue weighted by Crippen LogP contribution is 2.25. The lowest BCUT2D eigenvalue weighted by Crippen LogP contribution is -2.42. The van der Waals surface area contributed by atoms with Crippen LogP contribution in [0.3, 0.4) is 0 Å². The van der Waals surface area contributed by atoms with E-state index in [2.05, 4.69) is 11.8 Å². The van der Waals surface area contributed by atoms with E-state index < -0.39 is 0 Å². The maximum Gasteiger partial charge on any atom is 0.0707 e. The molecule has 0 N–H and O–H groups in total. The molecule has 2 rings (SSSR count). The number of rotatable bonds is 2. The van der Waals surface area contributed by atoms with Gasteiger partial charge >= 0.3 is 0 Å². The molecule has 0 radical (unpaired) electrons. The minimum Gasteiger partial charge on any atom is -0.372 e. The minimum atomic E-state index is 0.570. The Hall–Kier alpha value is -0.0800. The Morgan fingerprint density at radius 2 is 1.91 bits per heavy atom. The van der Waals surface area contributed by atoms with Crippen molar-refractivity contribution in [2.24, 2.45) is 0 Å².